The largest absolute Gasteiger partial charge is 0.228 e. The molecule has 2 aromatic rings. The maximum Gasteiger partial charge on any atom is 0.213 e. The second kappa shape index (κ2) is 4.58. The third kappa shape index (κ3) is 2.29. The van der Waals surface area contributed by atoms with Crippen LogP contribution in [-0.4, -0.2) is 4.98 Å². The van der Waals surface area contributed by atoms with Crippen molar-refractivity contribution < 1.29 is 4.39 Å². The molecule has 0 aliphatic carbocycles. The van der Waals surface area contributed by atoms with Crippen molar-refractivity contribution in [2.45, 2.75) is 0 Å². The van der Waals surface area contributed by atoms with E-state index >= 15 is 0 Å². The van der Waals surface area contributed by atoms with Gasteiger partial charge >= 0.3 is 0 Å². The highest BCUT2D eigenvalue weighted by Gasteiger charge is 2.08. The van der Waals surface area contributed by atoms with Crippen LogP contribution in [0.15, 0.2) is 30.5 Å². The predicted molar refractivity (Wildman–Crippen MR) is 64.7 cm³/mol. The molecule has 5 heteroatoms. The number of nitrogens with zero attached hydrogens (tertiary/aromatic N) is 1. The molecule has 2 rings (SSSR count). The van der Waals surface area contributed by atoms with Gasteiger partial charge in [-0.25, -0.2) is 4.98 Å². The first-order valence-corrected chi connectivity index (χ1v) is 5.48. The number of rotatable bonds is 1. The summed E-state index contributed by atoms with van der Waals surface area (Å²) in [6.45, 7) is 0. The number of hydrogen-bond donors (Lipinski definition) is 0. The van der Waals surface area contributed by atoms with Gasteiger partial charge in [-0.05, 0) is 23.8 Å². The van der Waals surface area contributed by atoms with Crippen molar-refractivity contribution in [1.29, 1.82) is 0 Å². The predicted octanol–water partition coefficient (Wildman–Crippen LogP) is 4.85. The topological polar surface area (TPSA) is 12.9 Å². The van der Waals surface area contributed by atoms with Crippen LogP contribution < -0.4 is 0 Å². The van der Waals surface area contributed by atoms with Crippen LogP contribution in [0.4, 0.5) is 4.39 Å². The Hall–Kier alpha value is -0.830. The summed E-state index contributed by atoms with van der Waals surface area (Å²) in [5, 5.41) is 1.16. The van der Waals surface area contributed by atoms with Crippen molar-refractivity contribution in [1.82, 2.24) is 4.98 Å². The van der Waals surface area contributed by atoms with Gasteiger partial charge in [0.1, 0.15) is 0 Å². The van der Waals surface area contributed by atoms with Gasteiger partial charge in [-0.2, -0.15) is 4.39 Å². The summed E-state index contributed by atoms with van der Waals surface area (Å²) in [5.41, 5.74) is 1.23. The second-order valence-corrected chi connectivity index (χ2v) is 4.34. The third-order valence-electron chi connectivity index (χ3n) is 2.05. The Bertz CT molecular complexity index is 543. The summed E-state index contributed by atoms with van der Waals surface area (Å²) in [6, 6.07) is 6.06. The first-order valence-electron chi connectivity index (χ1n) is 4.34. The molecule has 0 aliphatic heterocycles. The Morgan fingerprint density at radius 3 is 2.31 bits per heavy atom. The average Bonchev–Trinajstić information content (AvgIpc) is 2.23. The molecule has 1 nitrogen and oxygen atoms in total. The van der Waals surface area contributed by atoms with Crippen LogP contribution in [0.2, 0.25) is 15.1 Å². The summed E-state index contributed by atoms with van der Waals surface area (Å²) in [4.78, 5) is 3.47. The number of benzene rings is 1. The van der Waals surface area contributed by atoms with Gasteiger partial charge in [-0.15, -0.1) is 0 Å². The molecule has 0 amide bonds. The molecule has 0 radical (unpaired) electrons. The van der Waals surface area contributed by atoms with E-state index in [2.05, 4.69) is 4.98 Å². The molecule has 0 bridgehead atoms. The zero-order valence-electron chi connectivity index (χ0n) is 7.85. The lowest BCUT2D eigenvalue weighted by Crippen LogP contribution is -1.85. The number of aromatic nitrogens is 1. The van der Waals surface area contributed by atoms with Crippen LogP contribution >= 0.6 is 34.8 Å². The van der Waals surface area contributed by atoms with Crippen LogP contribution in [0.5, 0.6) is 0 Å². The van der Waals surface area contributed by atoms with Gasteiger partial charge in [0.15, 0.2) is 0 Å². The van der Waals surface area contributed by atoms with Gasteiger partial charge in [-0.3, -0.25) is 0 Å². The molecule has 0 fully saturated rings. The molecular weight excluding hydrogens is 271 g/mol. The smallest absolute Gasteiger partial charge is 0.213 e. The van der Waals surface area contributed by atoms with Crippen molar-refractivity contribution in [2.75, 3.05) is 0 Å². The number of halogens is 4. The zero-order chi connectivity index (χ0) is 11.7. The average molecular weight is 277 g/mol. The number of hydrogen-bond acceptors (Lipinski definition) is 1. The Kier molecular flexibility index (Phi) is 3.33. The first kappa shape index (κ1) is 11.6. The summed E-state index contributed by atoms with van der Waals surface area (Å²) < 4.78 is 13.0. The summed E-state index contributed by atoms with van der Waals surface area (Å²) in [6.07, 6.45) is 1.36. The lowest BCUT2D eigenvalue weighted by Gasteiger charge is -2.06. The Morgan fingerprint density at radius 1 is 0.938 bits per heavy atom. The highest BCUT2D eigenvalue weighted by molar-refractivity contribution is 6.44. The molecule has 0 saturated heterocycles. The summed E-state index contributed by atoms with van der Waals surface area (Å²) in [7, 11) is 0. The molecule has 1 aromatic carbocycles. The maximum atomic E-state index is 13.0. The van der Waals surface area contributed by atoms with Crippen molar-refractivity contribution in [2.24, 2.45) is 0 Å². The van der Waals surface area contributed by atoms with Crippen LogP contribution in [0.3, 0.4) is 0 Å². The van der Waals surface area contributed by atoms with E-state index in [0.29, 0.717) is 26.2 Å². The number of pyridine rings is 1. The summed E-state index contributed by atoms with van der Waals surface area (Å²) >= 11 is 17.7. The van der Waals surface area contributed by atoms with E-state index < -0.39 is 5.95 Å². The van der Waals surface area contributed by atoms with E-state index in [9.17, 15) is 4.39 Å². The first-order chi connectivity index (χ1) is 7.58. The van der Waals surface area contributed by atoms with Crippen LogP contribution in [0, 0.1) is 5.95 Å². The lowest BCUT2D eigenvalue weighted by atomic mass is 10.1. The van der Waals surface area contributed by atoms with Crippen molar-refractivity contribution in [3.05, 3.63) is 51.5 Å². The molecule has 0 unspecified atom stereocenters. The molecule has 0 N–H and O–H groups in total. The van der Waals surface area contributed by atoms with Gasteiger partial charge in [0.2, 0.25) is 5.95 Å². The maximum absolute atomic E-state index is 13.0. The van der Waals surface area contributed by atoms with E-state index in [-0.39, 0.29) is 0 Å². The minimum absolute atomic E-state index is 0.366. The summed E-state index contributed by atoms with van der Waals surface area (Å²) in [5.74, 6) is -0.570. The van der Waals surface area contributed by atoms with E-state index in [1.54, 1.807) is 12.1 Å². The molecule has 82 valence electrons. The monoisotopic (exact) mass is 275 g/mol. The van der Waals surface area contributed by atoms with E-state index in [1.807, 2.05) is 0 Å². The van der Waals surface area contributed by atoms with Crippen molar-refractivity contribution in [3.8, 4) is 11.1 Å². The van der Waals surface area contributed by atoms with E-state index in [1.165, 1.54) is 18.3 Å². The fourth-order valence-corrected chi connectivity index (χ4v) is 1.97. The lowest BCUT2D eigenvalue weighted by molar-refractivity contribution is 0.584. The SMILES string of the molecule is Fc1cc(-c2cc(Cl)c(Cl)cc2Cl)ccn1. The highest BCUT2D eigenvalue weighted by atomic mass is 35.5. The second-order valence-electron chi connectivity index (χ2n) is 3.11. The van der Waals surface area contributed by atoms with E-state index in [0.717, 1.165) is 0 Å². The molecule has 0 aliphatic rings. The standard InChI is InChI=1S/C11H5Cl3FN/c12-8-5-10(14)9(13)4-7(8)6-1-2-16-11(15)3-6/h1-5H. The zero-order valence-corrected chi connectivity index (χ0v) is 10.1. The van der Waals surface area contributed by atoms with Crippen molar-refractivity contribution in [3.63, 3.8) is 0 Å². The van der Waals surface area contributed by atoms with Gasteiger partial charge < -0.3 is 0 Å². The molecule has 1 aromatic heterocycles. The Morgan fingerprint density at radius 2 is 1.62 bits per heavy atom. The Labute approximate surface area is 107 Å². The minimum Gasteiger partial charge on any atom is -0.228 e. The fraction of sp³-hybridized carbons (Fsp3) is 0. The molecular formula is C11H5Cl3FN. The highest BCUT2D eigenvalue weighted by Crippen LogP contribution is 2.35. The van der Waals surface area contributed by atoms with Gasteiger partial charge in [-0.1, -0.05) is 34.8 Å². The molecule has 0 spiro atoms. The molecule has 16 heavy (non-hydrogen) atoms. The Balaban J connectivity index is 2.60. The molecule has 1 heterocycles. The fourth-order valence-electron chi connectivity index (χ4n) is 1.31. The van der Waals surface area contributed by atoms with Gasteiger partial charge in [0, 0.05) is 22.8 Å². The van der Waals surface area contributed by atoms with Crippen LogP contribution in [0.25, 0.3) is 11.1 Å². The molecule has 0 atom stereocenters. The van der Waals surface area contributed by atoms with Crippen LogP contribution in [-0.2, 0) is 0 Å². The van der Waals surface area contributed by atoms with Crippen LogP contribution in [0.1, 0.15) is 0 Å². The third-order valence-corrected chi connectivity index (χ3v) is 3.08. The normalized spacial score (nSPS) is 10.5. The molecule has 0 saturated carbocycles. The van der Waals surface area contributed by atoms with Gasteiger partial charge in [0.05, 0.1) is 10.0 Å². The quantitative estimate of drug-likeness (QED) is 0.536. The minimum atomic E-state index is -0.570. The van der Waals surface area contributed by atoms with Crippen molar-refractivity contribution >= 4 is 34.8 Å². The van der Waals surface area contributed by atoms with E-state index in [4.69, 9.17) is 34.8 Å². The van der Waals surface area contributed by atoms with Gasteiger partial charge in [0.25, 0.3) is 0 Å².